The standard InChI is InChI=1S/C21H17IN2O6/c1-4-7-29-19-15(22)9-13(11-18(19)28-3)10-16-21(25)30-20(23-16)14-5-6-17(24(26)27)12(2)8-14/h4-6,8-11H,1,7H2,2-3H3/b16-10-. The minimum Gasteiger partial charge on any atom is -0.493 e. The molecule has 154 valence electrons. The summed E-state index contributed by atoms with van der Waals surface area (Å²) in [4.78, 5) is 27.1. The van der Waals surface area contributed by atoms with Crippen molar-refractivity contribution in [2.75, 3.05) is 13.7 Å². The molecule has 0 aliphatic carbocycles. The molecule has 30 heavy (non-hydrogen) atoms. The molecule has 1 aliphatic rings. The Kier molecular flexibility index (Phi) is 6.50. The van der Waals surface area contributed by atoms with E-state index in [2.05, 4.69) is 34.2 Å². The number of rotatable bonds is 7. The van der Waals surface area contributed by atoms with Crippen LogP contribution in [-0.2, 0) is 9.53 Å². The van der Waals surface area contributed by atoms with Crippen LogP contribution in [0.1, 0.15) is 16.7 Å². The number of ether oxygens (including phenoxy) is 3. The lowest BCUT2D eigenvalue weighted by molar-refractivity contribution is -0.385. The van der Waals surface area contributed by atoms with E-state index in [1.54, 1.807) is 31.2 Å². The van der Waals surface area contributed by atoms with E-state index < -0.39 is 10.9 Å². The van der Waals surface area contributed by atoms with Crippen LogP contribution in [0.4, 0.5) is 5.69 Å². The highest BCUT2D eigenvalue weighted by atomic mass is 127. The van der Waals surface area contributed by atoms with Gasteiger partial charge in [-0.3, -0.25) is 10.1 Å². The van der Waals surface area contributed by atoms with E-state index in [1.807, 2.05) is 6.07 Å². The lowest BCUT2D eigenvalue weighted by Crippen LogP contribution is -2.06. The first-order chi connectivity index (χ1) is 14.3. The van der Waals surface area contributed by atoms with Crippen LogP contribution in [0.3, 0.4) is 0 Å². The van der Waals surface area contributed by atoms with E-state index in [1.165, 1.54) is 19.2 Å². The quantitative estimate of drug-likeness (QED) is 0.134. The Bertz CT molecular complexity index is 1110. The van der Waals surface area contributed by atoms with Crippen molar-refractivity contribution in [2.45, 2.75) is 6.92 Å². The summed E-state index contributed by atoms with van der Waals surface area (Å²) in [6.07, 6.45) is 3.21. The first-order valence-corrected chi connectivity index (χ1v) is 9.81. The van der Waals surface area contributed by atoms with Crippen molar-refractivity contribution < 1.29 is 23.9 Å². The second-order valence-corrected chi connectivity index (χ2v) is 7.39. The Labute approximate surface area is 186 Å². The summed E-state index contributed by atoms with van der Waals surface area (Å²) in [5, 5.41) is 11.0. The average molecular weight is 520 g/mol. The maximum atomic E-state index is 12.3. The largest absolute Gasteiger partial charge is 0.493 e. The van der Waals surface area contributed by atoms with Crippen LogP contribution in [0.5, 0.6) is 11.5 Å². The van der Waals surface area contributed by atoms with Gasteiger partial charge in [0.2, 0.25) is 5.90 Å². The van der Waals surface area contributed by atoms with Crippen molar-refractivity contribution in [1.82, 2.24) is 0 Å². The van der Waals surface area contributed by atoms with Gasteiger partial charge >= 0.3 is 5.97 Å². The molecule has 0 radical (unpaired) electrons. The number of nitro groups is 1. The molecule has 2 aromatic carbocycles. The van der Waals surface area contributed by atoms with E-state index >= 15 is 0 Å². The number of hydrogen-bond donors (Lipinski definition) is 0. The van der Waals surface area contributed by atoms with Crippen LogP contribution in [0.25, 0.3) is 6.08 Å². The molecule has 0 spiro atoms. The Hall–Kier alpha value is -3.21. The first kappa shape index (κ1) is 21.5. The van der Waals surface area contributed by atoms with Gasteiger partial charge in [0.1, 0.15) is 6.61 Å². The number of cyclic esters (lactones) is 1. The molecular weight excluding hydrogens is 503 g/mol. The number of esters is 1. The molecule has 0 bridgehead atoms. The number of hydrogen-bond acceptors (Lipinski definition) is 7. The van der Waals surface area contributed by atoms with E-state index in [0.717, 1.165) is 3.57 Å². The zero-order valence-corrected chi connectivity index (χ0v) is 18.3. The predicted molar refractivity (Wildman–Crippen MR) is 120 cm³/mol. The Morgan fingerprint density at radius 1 is 1.33 bits per heavy atom. The molecule has 1 heterocycles. The molecule has 0 aromatic heterocycles. The maximum absolute atomic E-state index is 12.3. The third-order valence-corrected chi connectivity index (χ3v) is 4.96. The smallest absolute Gasteiger partial charge is 0.363 e. The monoisotopic (exact) mass is 520 g/mol. The molecule has 2 aromatic rings. The first-order valence-electron chi connectivity index (χ1n) is 8.73. The number of nitrogens with zero attached hydrogens (tertiary/aromatic N) is 2. The van der Waals surface area contributed by atoms with Gasteiger partial charge in [-0.05, 0) is 65.4 Å². The van der Waals surface area contributed by atoms with Gasteiger partial charge in [-0.2, -0.15) is 0 Å². The maximum Gasteiger partial charge on any atom is 0.363 e. The van der Waals surface area contributed by atoms with Crippen LogP contribution in [0.2, 0.25) is 0 Å². The second-order valence-electron chi connectivity index (χ2n) is 6.23. The summed E-state index contributed by atoms with van der Waals surface area (Å²) in [7, 11) is 1.53. The van der Waals surface area contributed by atoms with Gasteiger partial charge in [0, 0.05) is 17.2 Å². The van der Waals surface area contributed by atoms with E-state index in [4.69, 9.17) is 14.2 Å². The molecule has 0 N–H and O–H groups in total. The summed E-state index contributed by atoms with van der Waals surface area (Å²) in [5.41, 5.74) is 1.70. The molecule has 0 saturated carbocycles. The van der Waals surface area contributed by atoms with Gasteiger partial charge in [-0.25, -0.2) is 9.79 Å². The summed E-state index contributed by atoms with van der Waals surface area (Å²) in [5.74, 6) is 0.579. The van der Waals surface area contributed by atoms with Gasteiger partial charge in [-0.15, -0.1) is 0 Å². The van der Waals surface area contributed by atoms with E-state index in [-0.39, 0.29) is 17.3 Å². The van der Waals surface area contributed by atoms with E-state index in [0.29, 0.717) is 34.8 Å². The highest BCUT2D eigenvalue weighted by Crippen LogP contribution is 2.35. The predicted octanol–water partition coefficient (Wildman–Crippen LogP) is 4.43. The Morgan fingerprint density at radius 3 is 2.73 bits per heavy atom. The molecule has 1 aliphatic heterocycles. The van der Waals surface area contributed by atoms with Gasteiger partial charge in [0.15, 0.2) is 17.2 Å². The SMILES string of the molecule is C=CCOc1c(I)cc(/C=C2\N=C(c3ccc([N+](=O)[O-])c(C)c3)OC2=O)cc1OC. The Morgan fingerprint density at radius 2 is 2.10 bits per heavy atom. The average Bonchev–Trinajstić information content (AvgIpc) is 3.06. The van der Waals surface area contributed by atoms with Crippen LogP contribution >= 0.6 is 22.6 Å². The van der Waals surface area contributed by atoms with Gasteiger partial charge in [-0.1, -0.05) is 12.7 Å². The number of nitro benzene ring substituents is 1. The van der Waals surface area contributed by atoms with Crippen LogP contribution < -0.4 is 9.47 Å². The molecule has 0 atom stereocenters. The summed E-state index contributed by atoms with van der Waals surface area (Å²) in [6, 6.07) is 7.97. The number of benzene rings is 2. The lowest BCUT2D eigenvalue weighted by atomic mass is 10.1. The van der Waals surface area contributed by atoms with Crippen molar-refractivity contribution in [3.8, 4) is 11.5 Å². The lowest BCUT2D eigenvalue weighted by Gasteiger charge is -2.12. The van der Waals surface area contributed by atoms with Gasteiger partial charge < -0.3 is 14.2 Å². The summed E-state index contributed by atoms with van der Waals surface area (Å²) < 4.78 is 17.1. The molecular formula is C21H17IN2O6. The van der Waals surface area contributed by atoms with E-state index in [9.17, 15) is 14.9 Å². The van der Waals surface area contributed by atoms with Crippen molar-refractivity contribution in [3.05, 3.63) is 79.1 Å². The normalized spacial score (nSPS) is 14.3. The summed E-state index contributed by atoms with van der Waals surface area (Å²) >= 11 is 2.12. The third kappa shape index (κ3) is 4.51. The fraction of sp³-hybridized carbons (Fsp3) is 0.143. The number of carbonyl (C=O) groups excluding carboxylic acids is 1. The van der Waals surface area contributed by atoms with Gasteiger partial charge in [0.25, 0.3) is 5.69 Å². The molecule has 0 amide bonds. The molecule has 0 unspecified atom stereocenters. The van der Waals surface area contributed by atoms with Crippen LogP contribution in [-0.4, -0.2) is 30.5 Å². The van der Waals surface area contributed by atoms with Crippen LogP contribution in [0.15, 0.2) is 53.7 Å². The van der Waals surface area contributed by atoms with Crippen molar-refractivity contribution in [1.29, 1.82) is 0 Å². The minimum absolute atomic E-state index is 0.0140. The fourth-order valence-corrected chi connectivity index (χ4v) is 3.57. The number of aliphatic imine (C=N–C) groups is 1. The Balaban J connectivity index is 1.94. The van der Waals surface area contributed by atoms with Crippen molar-refractivity contribution in [2.24, 2.45) is 4.99 Å². The summed E-state index contributed by atoms with van der Waals surface area (Å²) in [6.45, 7) is 5.57. The number of carbonyl (C=O) groups is 1. The minimum atomic E-state index is -0.609. The third-order valence-electron chi connectivity index (χ3n) is 4.16. The zero-order valence-electron chi connectivity index (χ0n) is 16.2. The molecule has 3 rings (SSSR count). The number of methoxy groups -OCH3 is 1. The molecule has 0 fully saturated rings. The van der Waals surface area contributed by atoms with Crippen molar-refractivity contribution in [3.63, 3.8) is 0 Å². The van der Waals surface area contributed by atoms with Gasteiger partial charge in [0.05, 0.1) is 15.6 Å². The zero-order chi connectivity index (χ0) is 21.8. The number of aryl methyl sites for hydroxylation is 1. The highest BCUT2D eigenvalue weighted by Gasteiger charge is 2.25. The number of halogens is 1. The molecule has 0 saturated heterocycles. The molecule has 9 heteroatoms. The van der Waals surface area contributed by atoms with Crippen LogP contribution in [0, 0.1) is 20.6 Å². The molecule has 8 nitrogen and oxygen atoms in total. The fourth-order valence-electron chi connectivity index (χ4n) is 2.79. The highest BCUT2D eigenvalue weighted by molar-refractivity contribution is 14.1. The van der Waals surface area contributed by atoms with Crippen molar-refractivity contribution >= 4 is 46.2 Å². The topological polar surface area (TPSA) is 100 Å². The second kappa shape index (κ2) is 9.08.